The standard InChI is InChI=1S/C16H24ClN5O/c17-14-6-2-1-5-13(14)15(22-7-3-4-8-22)11-18-16(23)21-12-9-19-20-10-12/h1-2,5-6,12,15,19-20H,3-4,7-11H2,(H2,18,21,23). The topological polar surface area (TPSA) is 68.4 Å². The molecule has 6 nitrogen and oxygen atoms in total. The first-order valence-electron chi connectivity index (χ1n) is 8.22. The summed E-state index contributed by atoms with van der Waals surface area (Å²) in [6, 6.07) is 8.02. The Morgan fingerprint density at radius 1 is 1.26 bits per heavy atom. The van der Waals surface area contributed by atoms with Gasteiger partial charge in [0, 0.05) is 24.7 Å². The normalized spacial score (nSPS) is 20.6. The van der Waals surface area contributed by atoms with Gasteiger partial charge < -0.3 is 10.6 Å². The minimum absolute atomic E-state index is 0.122. The van der Waals surface area contributed by atoms with Gasteiger partial charge in [-0.25, -0.2) is 4.79 Å². The van der Waals surface area contributed by atoms with Crippen molar-refractivity contribution in [1.82, 2.24) is 26.4 Å². The van der Waals surface area contributed by atoms with Gasteiger partial charge in [0.2, 0.25) is 0 Å². The number of benzene rings is 1. The van der Waals surface area contributed by atoms with Crippen LogP contribution in [0.3, 0.4) is 0 Å². The number of hydrazine groups is 1. The van der Waals surface area contributed by atoms with E-state index < -0.39 is 0 Å². The van der Waals surface area contributed by atoms with Crippen LogP contribution in [-0.4, -0.2) is 49.7 Å². The van der Waals surface area contributed by atoms with Crippen LogP contribution in [0.2, 0.25) is 5.02 Å². The van der Waals surface area contributed by atoms with Crippen LogP contribution in [0.4, 0.5) is 4.79 Å². The highest BCUT2D eigenvalue weighted by Crippen LogP contribution is 2.29. The number of hydrogen-bond donors (Lipinski definition) is 4. The maximum absolute atomic E-state index is 12.1. The van der Waals surface area contributed by atoms with Gasteiger partial charge in [-0.1, -0.05) is 29.8 Å². The number of hydrogen-bond acceptors (Lipinski definition) is 4. The van der Waals surface area contributed by atoms with E-state index in [1.807, 2.05) is 18.2 Å². The second-order valence-corrected chi connectivity index (χ2v) is 6.50. The molecule has 7 heteroatoms. The number of amides is 2. The first kappa shape index (κ1) is 16.5. The molecule has 0 spiro atoms. The summed E-state index contributed by atoms with van der Waals surface area (Å²) in [4.78, 5) is 14.5. The summed E-state index contributed by atoms with van der Waals surface area (Å²) in [7, 11) is 0. The predicted molar refractivity (Wildman–Crippen MR) is 91.3 cm³/mol. The van der Waals surface area contributed by atoms with Gasteiger partial charge in [0.05, 0.1) is 12.1 Å². The number of halogens is 1. The van der Waals surface area contributed by atoms with Crippen LogP contribution in [0.25, 0.3) is 0 Å². The smallest absolute Gasteiger partial charge is 0.315 e. The van der Waals surface area contributed by atoms with Crippen molar-refractivity contribution in [2.75, 3.05) is 32.7 Å². The minimum atomic E-state index is -0.128. The highest BCUT2D eigenvalue weighted by atomic mass is 35.5. The molecular formula is C16H24ClN5O. The van der Waals surface area contributed by atoms with Crippen molar-refractivity contribution in [2.45, 2.75) is 24.9 Å². The largest absolute Gasteiger partial charge is 0.336 e. The monoisotopic (exact) mass is 337 g/mol. The van der Waals surface area contributed by atoms with Gasteiger partial charge in [-0.15, -0.1) is 0 Å². The highest BCUT2D eigenvalue weighted by molar-refractivity contribution is 6.31. The molecule has 1 atom stereocenters. The molecule has 2 aliphatic heterocycles. The molecule has 0 bridgehead atoms. The molecule has 3 rings (SSSR count). The van der Waals surface area contributed by atoms with Gasteiger partial charge in [-0.2, -0.15) is 0 Å². The predicted octanol–water partition coefficient (Wildman–Crippen LogP) is 1.25. The Morgan fingerprint density at radius 2 is 1.96 bits per heavy atom. The number of rotatable bonds is 5. The van der Waals surface area contributed by atoms with Gasteiger partial charge in [0.1, 0.15) is 0 Å². The van der Waals surface area contributed by atoms with Crippen LogP contribution in [0.5, 0.6) is 0 Å². The van der Waals surface area contributed by atoms with E-state index in [0.717, 1.165) is 36.8 Å². The van der Waals surface area contributed by atoms with Crippen LogP contribution in [0.15, 0.2) is 24.3 Å². The van der Waals surface area contributed by atoms with Crippen LogP contribution >= 0.6 is 11.6 Å². The molecule has 0 aliphatic carbocycles. The van der Waals surface area contributed by atoms with E-state index in [1.54, 1.807) is 0 Å². The van der Waals surface area contributed by atoms with E-state index >= 15 is 0 Å². The summed E-state index contributed by atoms with van der Waals surface area (Å²) in [5.74, 6) is 0. The summed E-state index contributed by atoms with van der Waals surface area (Å²) in [6.07, 6.45) is 2.40. The number of carbonyl (C=O) groups excluding carboxylic acids is 1. The fraction of sp³-hybridized carbons (Fsp3) is 0.562. The van der Waals surface area contributed by atoms with Crippen molar-refractivity contribution >= 4 is 17.6 Å². The Balaban J connectivity index is 1.62. The van der Waals surface area contributed by atoms with Crippen LogP contribution in [-0.2, 0) is 0 Å². The minimum Gasteiger partial charge on any atom is -0.336 e. The molecule has 0 radical (unpaired) electrons. The lowest BCUT2D eigenvalue weighted by Gasteiger charge is -2.29. The van der Waals surface area contributed by atoms with Crippen molar-refractivity contribution in [3.8, 4) is 0 Å². The summed E-state index contributed by atoms with van der Waals surface area (Å²) >= 11 is 6.38. The van der Waals surface area contributed by atoms with Crippen molar-refractivity contribution < 1.29 is 4.79 Å². The van der Waals surface area contributed by atoms with E-state index in [4.69, 9.17) is 11.6 Å². The van der Waals surface area contributed by atoms with Gasteiger partial charge >= 0.3 is 6.03 Å². The zero-order valence-electron chi connectivity index (χ0n) is 13.1. The van der Waals surface area contributed by atoms with Gasteiger partial charge in [-0.3, -0.25) is 15.8 Å². The quantitative estimate of drug-likeness (QED) is 0.653. The zero-order valence-corrected chi connectivity index (χ0v) is 13.9. The lowest BCUT2D eigenvalue weighted by Crippen LogP contribution is -2.47. The lowest BCUT2D eigenvalue weighted by atomic mass is 10.1. The first-order chi connectivity index (χ1) is 11.2. The molecule has 2 saturated heterocycles. The van der Waals surface area contributed by atoms with Crippen molar-refractivity contribution in [2.24, 2.45) is 0 Å². The Hall–Kier alpha value is -1.34. The average Bonchev–Trinajstić information content (AvgIpc) is 3.23. The van der Waals surface area contributed by atoms with Gasteiger partial charge in [0.15, 0.2) is 0 Å². The molecule has 1 aromatic rings. The van der Waals surface area contributed by atoms with Gasteiger partial charge in [0.25, 0.3) is 0 Å². The van der Waals surface area contributed by atoms with E-state index in [0.29, 0.717) is 6.54 Å². The van der Waals surface area contributed by atoms with Crippen LogP contribution in [0.1, 0.15) is 24.4 Å². The Labute approximate surface area is 141 Å². The first-order valence-corrected chi connectivity index (χ1v) is 8.60. The molecule has 0 saturated carbocycles. The Bertz CT molecular complexity index is 529. The second kappa shape index (κ2) is 7.97. The molecule has 1 aromatic carbocycles. The number of likely N-dealkylation sites (tertiary alicyclic amines) is 1. The molecule has 23 heavy (non-hydrogen) atoms. The van der Waals surface area contributed by atoms with E-state index in [2.05, 4.69) is 32.5 Å². The molecule has 1 unspecified atom stereocenters. The zero-order chi connectivity index (χ0) is 16.1. The van der Waals surface area contributed by atoms with E-state index in [-0.39, 0.29) is 18.1 Å². The number of nitrogens with zero attached hydrogens (tertiary/aromatic N) is 1. The molecule has 2 heterocycles. The Morgan fingerprint density at radius 3 is 2.65 bits per heavy atom. The summed E-state index contributed by atoms with van der Waals surface area (Å²) < 4.78 is 0. The lowest BCUT2D eigenvalue weighted by molar-refractivity contribution is 0.219. The molecule has 2 fully saturated rings. The highest BCUT2D eigenvalue weighted by Gasteiger charge is 2.26. The van der Waals surface area contributed by atoms with Crippen LogP contribution < -0.4 is 21.5 Å². The van der Waals surface area contributed by atoms with Crippen molar-refractivity contribution in [1.29, 1.82) is 0 Å². The maximum atomic E-state index is 12.1. The van der Waals surface area contributed by atoms with Gasteiger partial charge in [-0.05, 0) is 37.6 Å². The molecule has 2 amide bonds. The summed E-state index contributed by atoms with van der Waals surface area (Å²) in [6.45, 7) is 4.15. The Kier molecular flexibility index (Phi) is 5.72. The molecule has 2 aliphatic rings. The number of carbonyl (C=O) groups is 1. The van der Waals surface area contributed by atoms with E-state index in [1.165, 1.54) is 12.8 Å². The summed E-state index contributed by atoms with van der Waals surface area (Å²) in [5, 5.41) is 6.73. The third-order valence-electron chi connectivity index (χ3n) is 4.46. The van der Waals surface area contributed by atoms with Crippen molar-refractivity contribution in [3.63, 3.8) is 0 Å². The van der Waals surface area contributed by atoms with Crippen molar-refractivity contribution in [3.05, 3.63) is 34.9 Å². The number of nitrogens with one attached hydrogen (secondary N) is 4. The molecule has 0 aromatic heterocycles. The fourth-order valence-corrected chi connectivity index (χ4v) is 3.49. The molecule has 4 N–H and O–H groups in total. The second-order valence-electron chi connectivity index (χ2n) is 6.09. The maximum Gasteiger partial charge on any atom is 0.315 e. The molecule has 126 valence electrons. The number of urea groups is 1. The SMILES string of the molecule is O=C(NCC(c1ccccc1Cl)N1CCCC1)NC1CNNC1. The molecular weight excluding hydrogens is 314 g/mol. The van der Waals surface area contributed by atoms with E-state index in [9.17, 15) is 4.79 Å². The average molecular weight is 338 g/mol. The summed E-state index contributed by atoms with van der Waals surface area (Å²) in [5.41, 5.74) is 7.09. The third-order valence-corrected chi connectivity index (χ3v) is 4.80. The third kappa shape index (κ3) is 4.35. The fourth-order valence-electron chi connectivity index (χ4n) is 3.23. The van der Waals surface area contributed by atoms with Crippen LogP contribution in [0, 0.1) is 0 Å².